The monoisotopic (exact) mass is 322 g/mol. The molecule has 1 N–H and O–H groups in total. The van der Waals surface area contributed by atoms with E-state index in [1.165, 1.54) is 15.9 Å². The second-order valence-corrected chi connectivity index (χ2v) is 6.77. The van der Waals surface area contributed by atoms with Gasteiger partial charge in [-0.25, -0.2) is 4.79 Å². The van der Waals surface area contributed by atoms with Gasteiger partial charge in [0.1, 0.15) is 20.5 Å². The topological polar surface area (TPSA) is 73.5 Å². The molecule has 0 fully saturated rings. The molecule has 0 unspecified atom stereocenters. The highest BCUT2D eigenvalue weighted by Crippen LogP contribution is 2.32. The van der Waals surface area contributed by atoms with Gasteiger partial charge in [0.05, 0.1) is 18.5 Å². The minimum absolute atomic E-state index is 0.291. The van der Waals surface area contributed by atoms with E-state index in [4.69, 9.17) is 4.74 Å². The average molecular weight is 322 g/mol. The summed E-state index contributed by atoms with van der Waals surface area (Å²) >= 11 is 1.30. The Morgan fingerprint density at radius 2 is 1.95 bits per heavy atom. The Hall–Kier alpha value is -1.31. The Bertz CT molecular complexity index is 817. The van der Waals surface area contributed by atoms with E-state index in [1.54, 1.807) is 34.3 Å². The fraction of sp³-hybridized carbons (Fsp3) is 0.538. The van der Waals surface area contributed by atoms with Gasteiger partial charge in [-0.2, -0.15) is 0 Å². The van der Waals surface area contributed by atoms with Gasteiger partial charge in [0.15, 0.2) is 0 Å². The summed E-state index contributed by atoms with van der Waals surface area (Å²) in [5.41, 5.74) is 0.117. The zero-order chi connectivity index (χ0) is 16.7. The van der Waals surface area contributed by atoms with Gasteiger partial charge in [-0.3, -0.25) is 13.9 Å². The van der Waals surface area contributed by atoms with Crippen LogP contribution in [0.4, 0.5) is 0 Å². The van der Waals surface area contributed by atoms with Crippen LogP contribution in [-0.4, -0.2) is 43.6 Å². The van der Waals surface area contributed by atoms with Crippen molar-refractivity contribution in [2.45, 2.75) is 32.3 Å². The number of ether oxygens (including phenoxy) is 1. The van der Waals surface area contributed by atoms with Crippen molar-refractivity contribution in [3.05, 3.63) is 31.3 Å². The first-order chi connectivity index (χ1) is 10.2. The normalized spacial score (nSPS) is 12.2. The highest BCUT2D eigenvalue weighted by atomic mass is 32.1. The quantitative estimate of drug-likeness (QED) is 0.685. The van der Waals surface area contributed by atoms with E-state index < -0.39 is 5.40 Å². The largest absolute Gasteiger partial charge is 0.402 e. The van der Waals surface area contributed by atoms with Crippen LogP contribution < -0.4 is 11.2 Å². The summed E-state index contributed by atoms with van der Waals surface area (Å²) in [4.78, 5) is 26.4. The Kier molecular flexibility index (Phi) is 4.70. The first-order valence-corrected chi connectivity index (χ1v) is 8.04. The van der Waals surface area contributed by atoms with E-state index in [0.29, 0.717) is 34.8 Å². The third kappa shape index (κ3) is 2.68. The molecule has 0 amide bonds. The molecule has 0 aliphatic rings. The van der Waals surface area contributed by atoms with Gasteiger partial charge < -0.3 is 9.84 Å². The van der Waals surface area contributed by atoms with Crippen LogP contribution in [0.15, 0.2) is 9.59 Å². The standard InChI is InChI=1S/C13H20B2N2O4S/c1-4-16-10(18)8-7(2)9(13(14,15)20)22-11(8)17(12(16)19)5-6-21-3/h20H,4-6,14-15H2,1-3H3. The lowest BCUT2D eigenvalue weighted by Crippen LogP contribution is -2.39. The first-order valence-electron chi connectivity index (χ1n) is 7.22. The smallest absolute Gasteiger partial charge is 0.332 e. The lowest BCUT2D eigenvalue weighted by Gasteiger charge is -2.16. The highest BCUT2D eigenvalue weighted by Gasteiger charge is 2.26. The molecule has 9 heteroatoms. The summed E-state index contributed by atoms with van der Waals surface area (Å²) in [6.07, 6.45) is 0. The molecular weight excluding hydrogens is 302 g/mol. The summed E-state index contributed by atoms with van der Waals surface area (Å²) in [6, 6.07) is 0. The van der Waals surface area contributed by atoms with Crippen molar-refractivity contribution in [2.24, 2.45) is 0 Å². The summed E-state index contributed by atoms with van der Waals surface area (Å²) in [7, 11) is 4.93. The van der Waals surface area contributed by atoms with E-state index in [-0.39, 0.29) is 11.2 Å². The SMILES string of the molecule is BC(B)(O)c1sc2c(c1C)c(=O)n(CC)c(=O)n2CCOC. The van der Waals surface area contributed by atoms with Crippen molar-refractivity contribution in [2.75, 3.05) is 13.7 Å². The van der Waals surface area contributed by atoms with Crippen LogP contribution in [0.2, 0.25) is 0 Å². The van der Waals surface area contributed by atoms with Crippen LogP contribution >= 0.6 is 11.3 Å². The predicted molar refractivity (Wildman–Crippen MR) is 93.6 cm³/mol. The van der Waals surface area contributed by atoms with Gasteiger partial charge >= 0.3 is 5.69 Å². The lowest BCUT2D eigenvalue weighted by molar-refractivity contribution is 0.186. The third-order valence-corrected chi connectivity index (χ3v) is 5.31. The number of thiophene rings is 1. The van der Waals surface area contributed by atoms with Crippen LogP contribution in [0.3, 0.4) is 0 Å². The number of nitrogens with zero attached hydrogens (tertiary/aromatic N) is 2. The molecule has 2 aromatic rings. The molecule has 2 aromatic heterocycles. The zero-order valence-corrected chi connectivity index (χ0v) is 14.4. The predicted octanol–water partition coefficient (Wildman–Crippen LogP) is -1.43. The molecule has 2 rings (SSSR count). The molecular formula is C13H20B2N2O4S. The van der Waals surface area contributed by atoms with Crippen molar-refractivity contribution >= 4 is 37.2 Å². The average Bonchev–Trinajstić information content (AvgIpc) is 2.77. The molecule has 2 heterocycles. The number of aromatic nitrogens is 2. The number of fused-ring (bicyclic) bond motifs is 1. The maximum atomic E-state index is 12.6. The second-order valence-electron chi connectivity index (χ2n) is 5.77. The summed E-state index contributed by atoms with van der Waals surface area (Å²) in [6.45, 7) is 4.66. The number of methoxy groups -OCH3 is 1. The van der Waals surface area contributed by atoms with Gasteiger partial charge in [0.25, 0.3) is 5.56 Å². The van der Waals surface area contributed by atoms with Crippen molar-refractivity contribution in [3.63, 3.8) is 0 Å². The Morgan fingerprint density at radius 3 is 2.45 bits per heavy atom. The van der Waals surface area contributed by atoms with Gasteiger partial charge in [0, 0.05) is 23.9 Å². The van der Waals surface area contributed by atoms with E-state index in [0.717, 1.165) is 5.56 Å². The maximum absolute atomic E-state index is 12.6. The molecule has 0 aromatic carbocycles. The van der Waals surface area contributed by atoms with Crippen LogP contribution in [0.25, 0.3) is 10.2 Å². The van der Waals surface area contributed by atoms with Gasteiger partial charge in [-0.05, 0) is 19.4 Å². The Balaban J connectivity index is 2.93. The molecule has 6 nitrogen and oxygen atoms in total. The molecule has 22 heavy (non-hydrogen) atoms. The molecule has 0 atom stereocenters. The van der Waals surface area contributed by atoms with Crippen molar-refractivity contribution < 1.29 is 9.84 Å². The van der Waals surface area contributed by atoms with Gasteiger partial charge in [0.2, 0.25) is 0 Å². The molecule has 0 saturated heterocycles. The van der Waals surface area contributed by atoms with E-state index in [2.05, 4.69) is 0 Å². The molecule has 0 radical (unpaired) electrons. The third-order valence-electron chi connectivity index (χ3n) is 3.69. The second kappa shape index (κ2) is 6.06. The molecule has 0 spiro atoms. The number of aryl methyl sites for hydroxylation is 1. The maximum Gasteiger partial charge on any atom is 0.332 e. The van der Waals surface area contributed by atoms with Crippen LogP contribution in [0.5, 0.6) is 0 Å². The van der Waals surface area contributed by atoms with Crippen molar-refractivity contribution in [3.8, 4) is 0 Å². The first kappa shape index (κ1) is 17.1. The minimum atomic E-state index is -1.06. The summed E-state index contributed by atoms with van der Waals surface area (Å²) < 4.78 is 7.86. The summed E-state index contributed by atoms with van der Waals surface area (Å²) in [5, 5.41) is 9.77. The summed E-state index contributed by atoms with van der Waals surface area (Å²) in [5.74, 6) is 0. The fourth-order valence-electron chi connectivity index (χ4n) is 2.64. The Labute approximate surface area is 134 Å². The molecule has 0 aliphatic heterocycles. The van der Waals surface area contributed by atoms with Gasteiger partial charge in [-0.15, -0.1) is 11.3 Å². The van der Waals surface area contributed by atoms with Crippen molar-refractivity contribution in [1.29, 1.82) is 0 Å². The minimum Gasteiger partial charge on any atom is -0.402 e. The number of hydrogen-bond acceptors (Lipinski definition) is 5. The molecule has 0 bridgehead atoms. The molecule has 0 saturated carbocycles. The lowest BCUT2D eigenvalue weighted by atomic mass is 9.64. The zero-order valence-electron chi connectivity index (χ0n) is 13.6. The van der Waals surface area contributed by atoms with E-state index in [1.807, 2.05) is 6.92 Å². The van der Waals surface area contributed by atoms with Crippen molar-refractivity contribution in [1.82, 2.24) is 9.13 Å². The van der Waals surface area contributed by atoms with Crippen LogP contribution in [0, 0.1) is 6.92 Å². The number of aliphatic hydroxyl groups is 1. The Morgan fingerprint density at radius 1 is 1.32 bits per heavy atom. The van der Waals surface area contributed by atoms with E-state index >= 15 is 0 Å². The number of rotatable bonds is 5. The number of hydrogen-bond donors (Lipinski definition) is 1. The molecule has 118 valence electrons. The van der Waals surface area contributed by atoms with E-state index in [9.17, 15) is 14.7 Å². The highest BCUT2D eigenvalue weighted by molar-refractivity contribution is 7.19. The van der Waals surface area contributed by atoms with Gasteiger partial charge in [-0.1, -0.05) is 0 Å². The van der Waals surface area contributed by atoms with Crippen LogP contribution in [0.1, 0.15) is 17.4 Å². The van der Waals surface area contributed by atoms with Crippen LogP contribution in [-0.2, 0) is 23.2 Å². The fourth-order valence-corrected chi connectivity index (χ4v) is 3.96. The molecule has 0 aliphatic carbocycles.